The number of ether oxygens (including phenoxy) is 1. The highest BCUT2D eigenvalue weighted by atomic mass is 35.5. The van der Waals surface area contributed by atoms with Crippen LogP contribution in [0.15, 0.2) is 41.1 Å². The zero-order valence-corrected chi connectivity index (χ0v) is 13.4. The normalized spacial score (nSPS) is 22.3. The lowest BCUT2D eigenvalue weighted by molar-refractivity contribution is -0.889. The van der Waals surface area contributed by atoms with Gasteiger partial charge in [0.25, 0.3) is 0 Å². The zero-order chi connectivity index (χ0) is 13.0. The molecule has 1 aliphatic rings. The van der Waals surface area contributed by atoms with E-state index < -0.39 is 0 Å². The van der Waals surface area contributed by atoms with Gasteiger partial charge < -0.3 is 17.1 Å². The maximum atomic E-state index is 5.74. The molecule has 1 aliphatic heterocycles. The smallest absolute Gasteiger partial charge is 0.215 e. The molecule has 0 saturated carbocycles. The van der Waals surface area contributed by atoms with E-state index in [2.05, 4.69) is 51.1 Å². The van der Waals surface area contributed by atoms with Crippen LogP contribution < -0.4 is 12.4 Å². The Bertz CT molecular complexity index is 435. The van der Waals surface area contributed by atoms with Crippen LogP contribution in [0.3, 0.4) is 0 Å². The Kier molecular flexibility index (Phi) is 6.24. The minimum absolute atomic E-state index is 0. The van der Waals surface area contributed by atoms with Crippen molar-refractivity contribution in [3.63, 3.8) is 0 Å². The first-order valence-electron chi connectivity index (χ1n) is 6.59. The molecule has 0 fully saturated rings. The molecule has 19 heavy (non-hydrogen) atoms. The molecule has 1 atom stereocenters. The summed E-state index contributed by atoms with van der Waals surface area (Å²) in [6, 6.07) is 10.7. The Morgan fingerprint density at radius 3 is 2.47 bits per heavy atom. The van der Waals surface area contributed by atoms with Gasteiger partial charge in [0.05, 0.1) is 13.2 Å². The summed E-state index contributed by atoms with van der Waals surface area (Å²) in [6.45, 7) is 9.47. The van der Waals surface area contributed by atoms with Crippen LogP contribution in [0.1, 0.15) is 26.3 Å². The molecule has 106 valence electrons. The molecule has 0 aromatic heterocycles. The van der Waals surface area contributed by atoms with Crippen molar-refractivity contribution in [1.82, 2.24) is 0 Å². The van der Waals surface area contributed by atoms with Crippen LogP contribution in [0.25, 0.3) is 0 Å². The van der Waals surface area contributed by atoms with Gasteiger partial charge in [0.2, 0.25) is 5.09 Å². The van der Waals surface area contributed by atoms with Crippen molar-refractivity contribution in [2.75, 3.05) is 19.0 Å². The fraction of sp³-hybridized carbons (Fsp3) is 0.467. The van der Waals surface area contributed by atoms with Gasteiger partial charge in [0.1, 0.15) is 12.4 Å². The molecule has 0 spiro atoms. The van der Waals surface area contributed by atoms with Gasteiger partial charge in [0, 0.05) is 12.5 Å². The molecule has 1 aromatic rings. The Morgan fingerprint density at radius 2 is 1.89 bits per heavy atom. The van der Waals surface area contributed by atoms with Gasteiger partial charge in [0.15, 0.2) is 5.70 Å². The van der Waals surface area contributed by atoms with E-state index in [1.807, 2.05) is 11.8 Å². The molecule has 0 N–H and O–H groups in total. The SMILES string of the molecule is CCOC1=C(C)[N+](CC)(Cc2ccccc2)CS1.[Cl-]. The van der Waals surface area contributed by atoms with Gasteiger partial charge >= 0.3 is 0 Å². The fourth-order valence-corrected chi connectivity index (χ4v) is 3.83. The summed E-state index contributed by atoms with van der Waals surface area (Å²) in [7, 11) is 0. The Labute approximate surface area is 126 Å². The highest BCUT2D eigenvalue weighted by Gasteiger charge is 2.38. The Balaban J connectivity index is 0.00000180. The molecule has 0 radical (unpaired) electrons. The monoisotopic (exact) mass is 299 g/mol. The average molecular weight is 300 g/mol. The number of quaternary nitrogens is 1. The first-order valence-corrected chi connectivity index (χ1v) is 7.57. The van der Waals surface area contributed by atoms with E-state index in [0.29, 0.717) is 0 Å². The van der Waals surface area contributed by atoms with Crippen LogP contribution in [-0.4, -0.2) is 23.5 Å². The van der Waals surface area contributed by atoms with E-state index in [1.165, 1.54) is 11.3 Å². The molecule has 1 heterocycles. The van der Waals surface area contributed by atoms with E-state index in [0.717, 1.165) is 35.1 Å². The second-order valence-corrected chi connectivity index (χ2v) is 5.60. The largest absolute Gasteiger partial charge is 1.00 e. The quantitative estimate of drug-likeness (QED) is 0.749. The van der Waals surface area contributed by atoms with Crippen LogP contribution in [0.5, 0.6) is 0 Å². The number of hydrogen-bond acceptors (Lipinski definition) is 2. The topological polar surface area (TPSA) is 9.23 Å². The van der Waals surface area contributed by atoms with Gasteiger partial charge in [-0.1, -0.05) is 30.3 Å². The van der Waals surface area contributed by atoms with E-state index >= 15 is 0 Å². The number of nitrogens with zero attached hydrogens (tertiary/aromatic N) is 1. The second kappa shape index (κ2) is 7.22. The Morgan fingerprint density at radius 1 is 1.21 bits per heavy atom. The molecule has 0 amide bonds. The van der Waals surface area contributed by atoms with Crippen molar-refractivity contribution in [2.45, 2.75) is 27.3 Å². The maximum Gasteiger partial charge on any atom is 0.215 e. The van der Waals surface area contributed by atoms with Crippen molar-refractivity contribution in [2.24, 2.45) is 0 Å². The molecule has 0 aliphatic carbocycles. The maximum absolute atomic E-state index is 5.74. The number of hydrogen-bond donors (Lipinski definition) is 0. The molecular weight excluding hydrogens is 278 g/mol. The van der Waals surface area contributed by atoms with Crippen LogP contribution in [0.2, 0.25) is 0 Å². The van der Waals surface area contributed by atoms with E-state index in [1.54, 1.807) is 0 Å². The van der Waals surface area contributed by atoms with Gasteiger partial charge in [-0.15, -0.1) is 0 Å². The lowest BCUT2D eigenvalue weighted by Gasteiger charge is -2.33. The number of thioether (sulfide) groups is 1. The third kappa shape index (κ3) is 3.47. The highest BCUT2D eigenvalue weighted by molar-refractivity contribution is 8.02. The molecule has 0 bridgehead atoms. The molecular formula is C15H22ClNOS. The first-order chi connectivity index (χ1) is 8.72. The molecule has 1 aromatic carbocycles. The highest BCUT2D eigenvalue weighted by Crippen LogP contribution is 2.40. The van der Waals surface area contributed by atoms with Crippen molar-refractivity contribution >= 4 is 11.8 Å². The average Bonchev–Trinajstić information content (AvgIpc) is 2.70. The van der Waals surface area contributed by atoms with Crippen molar-refractivity contribution < 1.29 is 21.6 Å². The first kappa shape index (κ1) is 16.4. The third-order valence-corrected chi connectivity index (χ3v) is 4.96. The van der Waals surface area contributed by atoms with Gasteiger partial charge in [-0.3, -0.25) is 4.48 Å². The number of benzene rings is 1. The lowest BCUT2D eigenvalue weighted by Crippen LogP contribution is -3.00. The minimum Gasteiger partial charge on any atom is -1.00 e. The summed E-state index contributed by atoms with van der Waals surface area (Å²) in [4.78, 5) is 0. The molecule has 0 saturated heterocycles. The Hall–Kier alpha value is -0.640. The van der Waals surface area contributed by atoms with Gasteiger partial charge in [-0.25, -0.2) is 0 Å². The molecule has 2 rings (SSSR count). The van der Waals surface area contributed by atoms with Crippen molar-refractivity contribution in [3.05, 3.63) is 46.7 Å². The van der Waals surface area contributed by atoms with Crippen LogP contribution >= 0.6 is 11.8 Å². The van der Waals surface area contributed by atoms with Crippen molar-refractivity contribution in [1.29, 1.82) is 0 Å². The number of rotatable bonds is 5. The fourth-order valence-electron chi connectivity index (χ4n) is 2.39. The van der Waals surface area contributed by atoms with Gasteiger partial charge in [-0.2, -0.15) is 0 Å². The predicted octanol–water partition coefficient (Wildman–Crippen LogP) is 0.957. The predicted molar refractivity (Wildman–Crippen MR) is 77.7 cm³/mol. The van der Waals surface area contributed by atoms with E-state index in [-0.39, 0.29) is 12.4 Å². The van der Waals surface area contributed by atoms with Gasteiger partial charge in [-0.05, 0) is 25.6 Å². The summed E-state index contributed by atoms with van der Waals surface area (Å²) in [5, 5.41) is 1.13. The summed E-state index contributed by atoms with van der Waals surface area (Å²) in [5.41, 5.74) is 2.78. The summed E-state index contributed by atoms with van der Waals surface area (Å²) in [6.07, 6.45) is 0. The van der Waals surface area contributed by atoms with Crippen LogP contribution in [0, 0.1) is 0 Å². The molecule has 2 nitrogen and oxygen atoms in total. The summed E-state index contributed by atoms with van der Waals surface area (Å²) >= 11 is 1.86. The molecule has 1 unspecified atom stereocenters. The second-order valence-electron chi connectivity index (χ2n) is 4.68. The van der Waals surface area contributed by atoms with Crippen LogP contribution in [0.4, 0.5) is 0 Å². The van der Waals surface area contributed by atoms with E-state index in [4.69, 9.17) is 4.74 Å². The zero-order valence-electron chi connectivity index (χ0n) is 11.9. The molecule has 4 heteroatoms. The summed E-state index contributed by atoms with van der Waals surface area (Å²) < 4.78 is 6.75. The summed E-state index contributed by atoms with van der Waals surface area (Å²) in [5.74, 6) is 1.09. The number of halogens is 1. The standard InChI is InChI=1S/C15H22NOS.ClH/c1-4-16(11-14-9-7-6-8-10-14)12-18-15(13(16)3)17-5-2;/h6-10H,4-5,11-12H2,1-3H3;1H/q+1;/p-1. The minimum atomic E-state index is 0. The van der Waals surface area contributed by atoms with Crippen LogP contribution in [-0.2, 0) is 11.3 Å². The van der Waals surface area contributed by atoms with Crippen molar-refractivity contribution in [3.8, 4) is 0 Å². The third-order valence-electron chi connectivity index (χ3n) is 3.66. The van der Waals surface area contributed by atoms with E-state index in [9.17, 15) is 0 Å². The number of allylic oxidation sites excluding steroid dienone is 1. The lowest BCUT2D eigenvalue weighted by atomic mass is 10.2.